The lowest BCUT2D eigenvalue weighted by Crippen LogP contribution is -2.60. The van der Waals surface area contributed by atoms with Crippen molar-refractivity contribution in [3.8, 4) is 5.75 Å². The first-order valence-electron chi connectivity index (χ1n) is 10.2. The molecule has 0 aromatic heterocycles. The number of methoxy groups -OCH3 is 1. The van der Waals surface area contributed by atoms with Crippen molar-refractivity contribution in [1.82, 2.24) is 10.2 Å². The molecular formula is C23H28ClN3O2. The summed E-state index contributed by atoms with van der Waals surface area (Å²) in [6.45, 7) is 2.94. The lowest BCUT2D eigenvalue weighted by atomic mass is 9.95. The number of piperidine rings is 1. The second-order valence-electron chi connectivity index (χ2n) is 8.23. The average Bonchev–Trinajstić information content (AvgIpc) is 2.89. The Morgan fingerprint density at radius 3 is 2.72 bits per heavy atom. The van der Waals surface area contributed by atoms with Crippen molar-refractivity contribution in [1.29, 1.82) is 0 Å². The van der Waals surface area contributed by atoms with Crippen molar-refractivity contribution < 1.29 is 9.53 Å². The molecular weight excluding hydrogens is 386 g/mol. The third kappa shape index (κ3) is 3.69. The van der Waals surface area contributed by atoms with Crippen molar-refractivity contribution in [2.24, 2.45) is 0 Å². The van der Waals surface area contributed by atoms with Gasteiger partial charge in [-0.25, -0.2) is 0 Å². The molecule has 2 saturated heterocycles. The van der Waals surface area contributed by atoms with E-state index in [0.717, 1.165) is 32.2 Å². The summed E-state index contributed by atoms with van der Waals surface area (Å²) in [6, 6.07) is 12.5. The van der Waals surface area contributed by atoms with E-state index in [9.17, 15) is 4.79 Å². The minimum atomic E-state index is -0.330. The normalized spacial score (nSPS) is 23.8. The van der Waals surface area contributed by atoms with Gasteiger partial charge in [-0.15, -0.1) is 0 Å². The number of carbonyl (C=O) groups is 1. The highest BCUT2D eigenvalue weighted by atomic mass is 35.5. The molecule has 29 heavy (non-hydrogen) atoms. The SMILES string of the molecule is COc1c(C(=O)NC23CCCC(CC2)N3Cc2ccc(C)cc2)ccc(N)c1Cl. The fourth-order valence-corrected chi connectivity index (χ4v) is 5.09. The van der Waals surface area contributed by atoms with Crippen LogP contribution < -0.4 is 15.8 Å². The molecule has 0 aliphatic carbocycles. The molecule has 5 nitrogen and oxygen atoms in total. The van der Waals surface area contributed by atoms with E-state index in [0.29, 0.717) is 23.0 Å². The van der Waals surface area contributed by atoms with E-state index in [1.807, 2.05) is 0 Å². The number of rotatable bonds is 5. The van der Waals surface area contributed by atoms with Gasteiger partial charge in [-0.3, -0.25) is 9.69 Å². The summed E-state index contributed by atoms with van der Waals surface area (Å²) in [4.78, 5) is 15.8. The maximum atomic E-state index is 13.3. The summed E-state index contributed by atoms with van der Waals surface area (Å²) in [5.74, 6) is 0.163. The number of nitrogens with one attached hydrogen (secondary N) is 1. The Labute approximate surface area is 177 Å². The van der Waals surface area contributed by atoms with Gasteiger partial charge in [0.15, 0.2) is 5.75 Å². The van der Waals surface area contributed by atoms with Gasteiger partial charge < -0.3 is 15.8 Å². The van der Waals surface area contributed by atoms with Crippen LogP contribution >= 0.6 is 11.6 Å². The molecule has 154 valence electrons. The molecule has 6 heteroatoms. The molecule has 2 aliphatic heterocycles. The standard InChI is InChI=1S/C23H28ClN3O2/c1-15-5-7-16(8-6-15)14-27-17-4-3-12-23(27,13-11-17)26-22(28)18-9-10-19(25)20(24)21(18)29-2/h5-10,17H,3-4,11-14,25H2,1-2H3,(H,26,28). The number of halogens is 1. The Bertz CT molecular complexity index is 911. The van der Waals surface area contributed by atoms with Gasteiger partial charge in [-0.1, -0.05) is 41.4 Å². The summed E-state index contributed by atoms with van der Waals surface area (Å²) >= 11 is 6.27. The van der Waals surface area contributed by atoms with Crippen LogP contribution in [0.4, 0.5) is 5.69 Å². The first kappa shape index (κ1) is 20.0. The first-order valence-corrected chi connectivity index (χ1v) is 10.6. The van der Waals surface area contributed by atoms with Gasteiger partial charge in [0.1, 0.15) is 5.02 Å². The minimum Gasteiger partial charge on any atom is -0.494 e. The van der Waals surface area contributed by atoms with Crippen LogP contribution in [0.2, 0.25) is 5.02 Å². The van der Waals surface area contributed by atoms with Gasteiger partial charge >= 0.3 is 0 Å². The van der Waals surface area contributed by atoms with Crippen molar-refractivity contribution in [3.05, 3.63) is 58.1 Å². The molecule has 4 rings (SSSR count). The van der Waals surface area contributed by atoms with E-state index in [1.54, 1.807) is 12.1 Å². The van der Waals surface area contributed by atoms with Crippen LogP contribution in [0, 0.1) is 6.92 Å². The Morgan fingerprint density at radius 2 is 2.00 bits per heavy atom. The summed E-state index contributed by atoms with van der Waals surface area (Å²) < 4.78 is 5.39. The first-order chi connectivity index (χ1) is 13.9. The quantitative estimate of drug-likeness (QED) is 0.707. The third-order valence-corrected chi connectivity index (χ3v) is 6.79. The van der Waals surface area contributed by atoms with Crippen LogP contribution in [0.25, 0.3) is 0 Å². The number of fused-ring (bicyclic) bond motifs is 2. The molecule has 3 N–H and O–H groups in total. The molecule has 2 heterocycles. The number of nitrogen functional groups attached to an aromatic ring is 1. The third-order valence-electron chi connectivity index (χ3n) is 6.40. The molecule has 0 saturated carbocycles. The number of hydrogen-bond donors (Lipinski definition) is 2. The molecule has 2 unspecified atom stereocenters. The van der Waals surface area contributed by atoms with E-state index in [2.05, 4.69) is 41.4 Å². The van der Waals surface area contributed by atoms with Crippen LogP contribution in [0.3, 0.4) is 0 Å². The van der Waals surface area contributed by atoms with Crippen molar-refractivity contribution >= 4 is 23.2 Å². The maximum Gasteiger partial charge on any atom is 0.256 e. The Balaban J connectivity index is 1.61. The molecule has 0 spiro atoms. The zero-order valence-electron chi connectivity index (χ0n) is 17.0. The fraction of sp³-hybridized carbons (Fsp3) is 0.435. The molecule has 2 atom stereocenters. The number of hydrogen-bond acceptors (Lipinski definition) is 4. The number of carbonyl (C=O) groups excluding carboxylic acids is 1. The predicted octanol–water partition coefficient (Wildman–Crippen LogP) is 4.51. The van der Waals surface area contributed by atoms with Crippen molar-refractivity contribution in [2.75, 3.05) is 12.8 Å². The molecule has 2 bridgehead atoms. The van der Waals surface area contributed by atoms with E-state index in [4.69, 9.17) is 22.1 Å². The second-order valence-corrected chi connectivity index (χ2v) is 8.61. The average molecular weight is 414 g/mol. The highest BCUT2D eigenvalue weighted by molar-refractivity contribution is 6.35. The van der Waals surface area contributed by atoms with Crippen molar-refractivity contribution in [3.63, 3.8) is 0 Å². The summed E-state index contributed by atoms with van der Waals surface area (Å²) in [6.07, 6.45) is 5.31. The summed E-state index contributed by atoms with van der Waals surface area (Å²) in [5, 5.41) is 3.63. The molecule has 0 radical (unpaired) electrons. The van der Waals surface area contributed by atoms with Gasteiger partial charge in [0.25, 0.3) is 5.91 Å². The number of amides is 1. The lowest BCUT2D eigenvalue weighted by Gasteiger charge is -2.45. The zero-order chi connectivity index (χ0) is 20.6. The Kier molecular flexibility index (Phi) is 5.45. The van der Waals surface area contributed by atoms with Crippen LogP contribution in [0.5, 0.6) is 5.75 Å². The molecule has 2 aromatic rings. The van der Waals surface area contributed by atoms with Crippen LogP contribution in [0.1, 0.15) is 53.6 Å². The van der Waals surface area contributed by atoms with Gasteiger partial charge in [0.05, 0.1) is 24.0 Å². The lowest BCUT2D eigenvalue weighted by molar-refractivity contribution is 0.0184. The molecule has 2 aromatic carbocycles. The van der Waals surface area contributed by atoms with Gasteiger partial charge in [0, 0.05) is 12.6 Å². The van der Waals surface area contributed by atoms with Gasteiger partial charge in [-0.05, 0) is 56.7 Å². The van der Waals surface area contributed by atoms with Crippen molar-refractivity contribution in [2.45, 2.75) is 57.3 Å². The summed E-state index contributed by atoms with van der Waals surface area (Å²) in [7, 11) is 1.51. The highest BCUT2D eigenvalue weighted by Crippen LogP contribution is 2.44. The Hall–Kier alpha value is -2.24. The van der Waals surface area contributed by atoms with E-state index >= 15 is 0 Å². The Morgan fingerprint density at radius 1 is 1.24 bits per heavy atom. The topological polar surface area (TPSA) is 67.6 Å². The van der Waals surface area contributed by atoms with E-state index in [-0.39, 0.29) is 16.6 Å². The second kappa shape index (κ2) is 7.88. The maximum absolute atomic E-state index is 13.3. The smallest absolute Gasteiger partial charge is 0.256 e. The highest BCUT2D eigenvalue weighted by Gasteiger charge is 2.49. The molecule has 1 amide bonds. The monoisotopic (exact) mass is 413 g/mol. The fourth-order valence-electron chi connectivity index (χ4n) is 4.85. The number of anilines is 1. The van der Waals surface area contributed by atoms with Gasteiger partial charge in [0.2, 0.25) is 0 Å². The minimum absolute atomic E-state index is 0.166. The van der Waals surface area contributed by atoms with Gasteiger partial charge in [-0.2, -0.15) is 0 Å². The van der Waals surface area contributed by atoms with Crippen LogP contribution in [-0.2, 0) is 6.54 Å². The largest absolute Gasteiger partial charge is 0.494 e. The predicted molar refractivity (Wildman–Crippen MR) is 116 cm³/mol. The number of ether oxygens (including phenoxy) is 1. The van der Waals surface area contributed by atoms with E-state index < -0.39 is 0 Å². The van der Waals surface area contributed by atoms with Crippen LogP contribution in [-0.4, -0.2) is 29.6 Å². The number of nitrogens with two attached hydrogens (primary N) is 1. The molecule has 2 fully saturated rings. The van der Waals surface area contributed by atoms with E-state index in [1.165, 1.54) is 24.7 Å². The summed E-state index contributed by atoms with van der Waals surface area (Å²) in [5.41, 5.74) is 8.90. The molecule has 2 aliphatic rings. The zero-order valence-corrected chi connectivity index (χ0v) is 17.8. The number of aryl methyl sites for hydroxylation is 1. The number of nitrogens with zero attached hydrogens (tertiary/aromatic N) is 1. The van der Waals surface area contributed by atoms with Crippen LogP contribution in [0.15, 0.2) is 36.4 Å². The number of benzene rings is 2.